The molecule has 3 aromatic rings. The Hall–Kier alpha value is -2.54. The molecular weight excluding hydrogens is 291 g/mol. The van der Waals surface area contributed by atoms with Crippen molar-refractivity contribution < 1.29 is 9.18 Å². The van der Waals surface area contributed by atoms with E-state index in [1.165, 1.54) is 29.7 Å². The first kappa shape index (κ1) is 13.4. The summed E-state index contributed by atoms with van der Waals surface area (Å²) in [6.45, 7) is 0. The second kappa shape index (κ2) is 5.84. The van der Waals surface area contributed by atoms with Gasteiger partial charge >= 0.3 is 0 Å². The van der Waals surface area contributed by atoms with Gasteiger partial charge in [0.2, 0.25) is 0 Å². The molecule has 0 atom stereocenters. The lowest BCUT2D eigenvalue weighted by molar-refractivity contribution is 0.103. The first-order valence-corrected chi connectivity index (χ1v) is 7.01. The van der Waals surface area contributed by atoms with Crippen molar-refractivity contribution in [2.45, 2.75) is 6.42 Å². The fraction of sp³-hybridized carbons (Fsp3) is 0.0714. The minimum absolute atomic E-state index is 0.223. The fourth-order valence-electron chi connectivity index (χ4n) is 1.79. The summed E-state index contributed by atoms with van der Waals surface area (Å²) in [5.41, 5.74) is 1.56. The second-order valence-corrected chi connectivity index (χ2v) is 5.48. The quantitative estimate of drug-likeness (QED) is 0.778. The number of hydrogen-bond acceptors (Lipinski definition) is 4. The van der Waals surface area contributed by atoms with Crippen molar-refractivity contribution in [2.24, 2.45) is 0 Å². The third-order valence-corrected chi connectivity index (χ3v) is 3.80. The molecule has 0 fully saturated rings. The van der Waals surface area contributed by atoms with Crippen molar-refractivity contribution >= 4 is 22.9 Å². The number of nitrogens with one attached hydrogen (secondary N) is 2. The van der Waals surface area contributed by atoms with Crippen molar-refractivity contribution in [3.63, 3.8) is 0 Å². The summed E-state index contributed by atoms with van der Waals surface area (Å²) in [6.07, 6.45) is 5.24. The minimum Gasteiger partial charge on any atom is -0.319 e. The van der Waals surface area contributed by atoms with Crippen LogP contribution in [0.4, 0.5) is 10.1 Å². The van der Waals surface area contributed by atoms with Crippen molar-refractivity contribution in [1.29, 1.82) is 0 Å². The molecule has 5 nitrogen and oxygen atoms in total. The van der Waals surface area contributed by atoms with E-state index < -0.39 is 0 Å². The van der Waals surface area contributed by atoms with Gasteiger partial charge in [-0.2, -0.15) is 5.10 Å². The van der Waals surface area contributed by atoms with E-state index in [0.29, 0.717) is 17.0 Å². The summed E-state index contributed by atoms with van der Waals surface area (Å²) in [5.74, 6) is -0.489. The van der Waals surface area contributed by atoms with Crippen LogP contribution in [0.15, 0.2) is 42.9 Å². The van der Waals surface area contributed by atoms with Crippen LogP contribution in [0.3, 0.4) is 0 Å². The Balaban J connectivity index is 1.68. The molecule has 0 radical (unpaired) electrons. The van der Waals surface area contributed by atoms with E-state index in [4.69, 9.17) is 0 Å². The molecule has 1 aromatic carbocycles. The molecule has 7 heteroatoms. The zero-order valence-electron chi connectivity index (χ0n) is 10.8. The van der Waals surface area contributed by atoms with E-state index in [1.807, 2.05) is 0 Å². The van der Waals surface area contributed by atoms with Crippen molar-refractivity contribution in [1.82, 2.24) is 15.2 Å². The van der Waals surface area contributed by atoms with Crippen LogP contribution in [0.1, 0.15) is 20.2 Å². The monoisotopic (exact) mass is 302 g/mol. The highest BCUT2D eigenvalue weighted by molar-refractivity contribution is 7.13. The topological polar surface area (TPSA) is 70.7 Å². The lowest BCUT2D eigenvalue weighted by atomic mass is 10.2. The molecular formula is C14H11FN4OS. The number of benzene rings is 1. The Labute approximate surface area is 123 Å². The van der Waals surface area contributed by atoms with Gasteiger partial charge in [0.25, 0.3) is 5.91 Å². The van der Waals surface area contributed by atoms with Crippen LogP contribution >= 0.6 is 11.3 Å². The normalized spacial score (nSPS) is 10.5. The van der Waals surface area contributed by atoms with Gasteiger partial charge in [-0.1, -0.05) is 12.1 Å². The maximum Gasteiger partial charge on any atom is 0.267 e. The molecule has 0 aliphatic carbocycles. The van der Waals surface area contributed by atoms with Crippen molar-refractivity contribution in [2.75, 3.05) is 5.32 Å². The number of aromatic nitrogens is 3. The Kier molecular flexibility index (Phi) is 3.74. The number of halogens is 1. The van der Waals surface area contributed by atoms with E-state index in [2.05, 4.69) is 20.5 Å². The molecule has 0 bridgehead atoms. The predicted molar refractivity (Wildman–Crippen MR) is 77.9 cm³/mol. The first-order valence-electron chi connectivity index (χ1n) is 6.20. The number of amides is 1. The third kappa shape index (κ3) is 3.32. The summed E-state index contributed by atoms with van der Waals surface area (Å²) in [5, 5.41) is 9.89. The van der Waals surface area contributed by atoms with Crippen LogP contribution < -0.4 is 5.32 Å². The Morgan fingerprint density at radius 1 is 1.29 bits per heavy atom. The van der Waals surface area contributed by atoms with Crippen LogP contribution in [-0.4, -0.2) is 21.1 Å². The molecule has 0 spiro atoms. The van der Waals surface area contributed by atoms with E-state index in [9.17, 15) is 9.18 Å². The zero-order chi connectivity index (χ0) is 14.7. The number of aromatic amines is 1. The first-order chi connectivity index (χ1) is 10.2. The maximum atomic E-state index is 12.8. The number of anilines is 1. The Morgan fingerprint density at radius 2 is 2.10 bits per heavy atom. The van der Waals surface area contributed by atoms with Gasteiger partial charge < -0.3 is 5.32 Å². The SMILES string of the molecule is O=C(Nc1cn[nH]c1)c1cnc(Cc2ccc(F)cc2)s1. The maximum absolute atomic E-state index is 12.8. The van der Waals surface area contributed by atoms with Crippen LogP contribution in [0.5, 0.6) is 0 Å². The van der Waals surface area contributed by atoms with Gasteiger partial charge in [0.1, 0.15) is 10.7 Å². The highest BCUT2D eigenvalue weighted by Gasteiger charge is 2.11. The number of carbonyl (C=O) groups excluding carboxylic acids is 1. The predicted octanol–water partition coefficient (Wildman–Crippen LogP) is 2.85. The van der Waals surface area contributed by atoms with Gasteiger partial charge in [0, 0.05) is 12.6 Å². The lowest BCUT2D eigenvalue weighted by Crippen LogP contribution is -2.09. The fourth-order valence-corrected chi connectivity index (χ4v) is 2.63. The number of rotatable bonds is 4. The molecule has 106 valence electrons. The molecule has 0 saturated carbocycles. The van der Waals surface area contributed by atoms with Crippen LogP contribution in [-0.2, 0) is 6.42 Å². The standard InChI is InChI=1S/C14H11FN4OS/c15-10-3-1-9(2-4-10)5-13-16-8-12(21-13)14(20)19-11-6-17-18-7-11/h1-4,6-8H,5H2,(H,17,18)(H,19,20). The average Bonchev–Trinajstić information content (AvgIpc) is 3.13. The zero-order valence-corrected chi connectivity index (χ0v) is 11.7. The molecule has 2 aromatic heterocycles. The van der Waals surface area contributed by atoms with E-state index in [0.717, 1.165) is 10.6 Å². The number of hydrogen-bond donors (Lipinski definition) is 2. The lowest BCUT2D eigenvalue weighted by Gasteiger charge is -1.98. The minimum atomic E-state index is -0.266. The molecule has 0 unspecified atom stereocenters. The smallest absolute Gasteiger partial charge is 0.267 e. The second-order valence-electron chi connectivity index (χ2n) is 4.36. The van der Waals surface area contributed by atoms with E-state index in [1.54, 1.807) is 24.5 Å². The van der Waals surface area contributed by atoms with Crippen molar-refractivity contribution in [3.05, 3.63) is 64.1 Å². The molecule has 3 rings (SSSR count). The molecule has 21 heavy (non-hydrogen) atoms. The van der Waals surface area contributed by atoms with Gasteiger partial charge in [-0.3, -0.25) is 9.89 Å². The van der Waals surface area contributed by atoms with Gasteiger partial charge in [-0.15, -0.1) is 11.3 Å². The summed E-state index contributed by atoms with van der Waals surface area (Å²) in [6, 6.07) is 6.24. The summed E-state index contributed by atoms with van der Waals surface area (Å²) >= 11 is 1.31. The largest absolute Gasteiger partial charge is 0.319 e. The molecule has 2 heterocycles. The molecule has 0 aliphatic rings. The third-order valence-electron chi connectivity index (χ3n) is 2.80. The molecule has 0 saturated heterocycles. The highest BCUT2D eigenvalue weighted by Crippen LogP contribution is 2.18. The summed E-state index contributed by atoms with van der Waals surface area (Å²) < 4.78 is 12.8. The Bertz CT molecular complexity index is 737. The number of H-pyrrole nitrogens is 1. The average molecular weight is 302 g/mol. The van der Waals surface area contributed by atoms with Crippen LogP contribution in [0.2, 0.25) is 0 Å². The van der Waals surface area contributed by atoms with Crippen molar-refractivity contribution in [3.8, 4) is 0 Å². The summed E-state index contributed by atoms with van der Waals surface area (Å²) in [4.78, 5) is 16.7. The van der Waals surface area contributed by atoms with Gasteiger partial charge in [-0.05, 0) is 17.7 Å². The number of thiazole rings is 1. The molecule has 2 N–H and O–H groups in total. The molecule has 1 amide bonds. The van der Waals surface area contributed by atoms with E-state index >= 15 is 0 Å². The van der Waals surface area contributed by atoms with Crippen LogP contribution in [0, 0.1) is 5.82 Å². The van der Waals surface area contributed by atoms with Gasteiger partial charge in [0.15, 0.2) is 0 Å². The van der Waals surface area contributed by atoms with Crippen LogP contribution in [0.25, 0.3) is 0 Å². The number of carbonyl (C=O) groups is 1. The highest BCUT2D eigenvalue weighted by atomic mass is 32.1. The molecule has 0 aliphatic heterocycles. The number of nitrogens with zero attached hydrogens (tertiary/aromatic N) is 2. The van der Waals surface area contributed by atoms with Gasteiger partial charge in [0.05, 0.1) is 23.1 Å². The summed E-state index contributed by atoms with van der Waals surface area (Å²) in [7, 11) is 0. The Morgan fingerprint density at radius 3 is 2.81 bits per heavy atom. The van der Waals surface area contributed by atoms with E-state index in [-0.39, 0.29) is 11.7 Å². The van der Waals surface area contributed by atoms with Gasteiger partial charge in [-0.25, -0.2) is 9.37 Å².